The van der Waals surface area contributed by atoms with Crippen LogP contribution in [0.5, 0.6) is 0 Å². The van der Waals surface area contributed by atoms with E-state index in [1.807, 2.05) is 30.3 Å². The molecule has 178 valence electrons. The van der Waals surface area contributed by atoms with Crippen LogP contribution in [-0.4, -0.2) is 52.5 Å². The fourth-order valence-corrected chi connectivity index (χ4v) is 5.20. The lowest BCUT2D eigenvalue weighted by Gasteiger charge is -2.31. The molecule has 1 saturated heterocycles. The second kappa shape index (κ2) is 10.6. The zero-order valence-corrected chi connectivity index (χ0v) is 19.0. The van der Waals surface area contributed by atoms with Crippen molar-refractivity contribution in [2.75, 3.05) is 6.54 Å². The fourth-order valence-electron chi connectivity index (χ4n) is 5.20. The van der Waals surface area contributed by atoms with Crippen molar-refractivity contribution in [3.63, 3.8) is 0 Å². The molecule has 0 unspecified atom stereocenters. The quantitative estimate of drug-likeness (QED) is 0.360. The van der Waals surface area contributed by atoms with Crippen LogP contribution in [0.15, 0.2) is 47.6 Å². The van der Waals surface area contributed by atoms with Crippen LogP contribution >= 0.6 is 0 Å². The van der Waals surface area contributed by atoms with Gasteiger partial charge in [-0.2, -0.15) is 0 Å². The van der Waals surface area contributed by atoms with Crippen molar-refractivity contribution >= 4 is 28.6 Å². The number of benzene rings is 2. The minimum Gasteiger partial charge on any atom is -0.480 e. The molecule has 1 heterocycles. The Hall–Kier alpha value is -3.58. The van der Waals surface area contributed by atoms with Gasteiger partial charge in [-0.05, 0) is 47.2 Å². The normalized spacial score (nSPS) is 21.6. The summed E-state index contributed by atoms with van der Waals surface area (Å²) in [7, 11) is 0. The SMILES string of the molecule is [N-]=[N+]=N[C@H]1C[C@@H](C(=O)O)N(C(=O)[C@H](CC2CCCCC2)NC(=O)c2ccc3ccccc3c2)C1. The van der Waals surface area contributed by atoms with E-state index < -0.39 is 30.0 Å². The smallest absolute Gasteiger partial charge is 0.326 e. The highest BCUT2D eigenvalue weighted by atomic mass is 16.4. The Morgan fingerprint density at radius 1 is 1.12 bits per heavy atom. The summed E-state index contributed by atoms with van der Waals surface area (Å²) < 4.78 is 0. The summed E-state index contributed by atoms with van der Waals surface area (Å²) in [4.78, 5) is 42.6. The Balaban J connectivity index is 1.57. The average Bonchev–Trinajstić information content (AvgIpc) is 3.28. The van der Waals surface area contributed by atoms with E-state index in [1.54, 1.807) is 12.1 Å². The lowest BCUT2D eigenvalue weighted by molar-refractivity contribution is -0.149. The number of carboxylic acid groups (broad SMARTS) is 1. The predicted octanol–water partition coefficient (Wildman–Crippen LogP) is 4.27. The van der Waals surface area contributed by atoms with Crippen LogP contribution in [0.2, 0.25) is 0 Å². The van der Waals surface area contributed by atoms with Crippen molar-refractivity contribution in [2.45, 2.75) is 63.1 Å². The summed E-state index contributed by atoms with van der Waals surface area (Å²) in [6.45, 7) is 0.0346. The molecule has 4 rings (SSSR count). The van der Waals surface area contributed by atoms with E-state index in [2.05, 4.69) is 15.3 Å². The predicted molar refractivity (Wildman–Crippen MR) is 127 cm³/mol. The van der Waals surface area contributed by atoms with Crippen LogP contribution in [0.4, 0.5) is 0 Å². The number of carbonyl (C=O) groups excluding carboxylic acids is 2. The lowest BCUT2D eigenvalue weighted by atomic mass is 9.84. The maximum Gasteiger partial charge on any atom is 0.326 e. The third-order valence-corrected chi connectivity index (χ3v) is 6.97. The number of azide groups is 1. The van der Waals surface area contributed by atoms with Crippen LogP contribution in [0, 0.1) is 5.92 Å². The number of nitrogens with zero attached hydrogens (tertiary/aromatic N) is 4. The molecule has 1 aliphatic heterocycles. The third kappa shape index (κ3) is 5.31. The van der Waals surface area contributed by atoms with E-state index in [-0.39, 0.29) is 18.9 Å². The van der Waals surface area contributed by atoms with Crippen LogP contribution in [0.3, 0.4) is 0 Å². The first-order chi connectivity index (χ1) is 16.5. The molecular weight excluding hydrogens is 434 g/mol. The minimum atomic E-state index is -1.14. The highest BCUT2D eigenvalue weighted by Crippen LogP contribution is 2.29. The average molecular weight is 464 g/mol. The largest absolute Gasteiger partial charge is 0.480 e. The van der Waals surface area contributed by atoms with Crippen molar-refractivity contribution in [2.24, 2.45) is 11.0 Å². The Labute approximate surface area is 197 Å². The van der Waals surface area contributed by atoms with Gasteiger partial charge in [0.05, 0.1) is 6.04 Å². The fraction of sp³-hybridized carbons (Fsp3) is 0.480. The molecule has 9 heteroatoms. The molecule has 2 amide bonds. The summed E-state index contributed by atoms with van der Waals surface area (Å²) in [5, 5.41) is 18.1. The zero-order valence-electron chi connectivity index (χ0n) is 19.0. The summed E-state index contributed by atoms with van der Waals surface area (Å²) in [5.41, 5.74) is 9.22. The van der Waals surface area contributed by atoms with Crippen molar-refractivity contribution < 1.29 is 19.5 Å². The second-order valence-electron chi connectivity index (χ2n) is 9.27. The number of rotatable bonds is 7. The molecule has 9 nitrogen and oxygen atoms in total. The molecule has 0 spiro atoms. The number of likely N-dealkylation sites (tertiary alicyclic amines) is 1. The molecule has 1 aliphatic carbocycles. The summed E-state index contributed by atoms with van der Waals surface area (Å²) in [5.74, 6) is -1.64. The van der Waals surface area contributed by atoms with Gasteiger partial charge in [-0.25, -0.2) is 4.79 Å². The molecule has 1 saturated carbocycles. The molecule has 0 bridgehead atoms. The molecule has 3 atom stereocenters. The van der Waals surface area contributed by atoms with Crippen LogP contribution in [0.25, 0.3) is 21.2 Å². The summed E-state index contributed by atoms with van der Waals surface area (Å²) >= 11 is 0. The van der Waals surface area contributed by atoms with E-state index in [9.17, 15) is 19.5 Å². The van der Waals surface area contributed by atoms with Crippen LogP contribution in [0.1, 0.15) is 55.3 Å². The number of fused-ring (bicyclic) bond motifs is 1. The van der Waals surface area contributed by atoms with Crippen LogP contribution < -0.4 is 5.32 Å². The molecule has 0 radical (unpaired) electrons. The minimum absolute atomic E-state index is 0.0346. The van der Waals surface area contributed by atoms with Gasteiger partial charge in [-0.15, -0.1) is 0 Å². The van der Waals surface area contributed by atoms with Gasteiger partial charge in [-0.3, -0.25) is 9.59 Å². The first-order valence-corrected chi connectivity index (χ1v) is 11.8. The maximum atomic E-state index is 13.6. The highest BCUT2D eigenvalue weighted by molar-refractivity contribution is 6.01. The van der Waals surface area contributed by atoms with Crippen molar-refractivity contribution in [1.82, 2.24) is 10.2 Å². The molecule has 0 aromatic heterocycles. The molecule has 2 aromatic carbocycles. The number of carboxylic acids is 1. The zero-order chi connectivity index (χ0) is 24.1. The van der Waals surface area contributed by atoms with Crippen molar-refractivity contribution in [1.29, 1.82) is 0 Å². The van der Waals surface area contributed by atoms with Gasteiger partial charge < -0.3 is 15.3 Å². The summed E-state index contributed by atoms with van der Waals surface area (Å²) in [6, 6.07) is 10.6. The van der Waals surface area contributed by atoms with E-state index >= 15 is 0 Å². The second-order valence-corrected chi connectivity index (χ2v) is 9.27. The van der Waals surface area contributed by atoms with E-state index in [4.69, 9.17) is 5.53 Å². The van der Waals surface area contributed by atoms with Gasteiger partial charge in [0.25, 0.3) is 5.91 Å². The van der Waals surface area contributed by atoms with Gasteiger partial charge in [0.2, 0.25) is 5.91 Å². The lowest BCUT2D eigenvalue weighted by Crippen LogP contribution is -2.52. The first kappa shape index (κ1) is 23.6. The van der Waals surface area contributed by atoms with Crippen LogP contribution in [-0.2, 0) is 9.59 Å². The maximum absolute atomic E-state index is 13.6. The monoisotopic (exact) mass is 463 g/mol. The molecule has 2 aromatic rings. The molecule has 34 heavy (non-hydrogen) atoms. The number of aliphatic carboxylic acids is 1. The van der Waals surface area contributed by atoms with Gasteiger partial charge >= 0.3 is 5.97 Å². The van der Waals surface area contributed by atoms with Crippen molar-refractivity contribution in [3.8, 4) is 0 Å². The Morgan fingerprint density at radius 3 is 2.56 bits per heavy atom. The topological polar surface area (TPSA) is 135 Å². The Morgan fingerprint density at radius 2 is 1.85 bits per heavy atom. The summed E-state index contributed by atoms with van der Waals surface area (Å²) in [6.07, 6.45) is 5.85. The Kier molecular flexibility index (Phi) is 7.33. The molecular formula is C25H29N5O4. The standard InChI is InChI=1S/C25H29N5O4/c26-29-28-20-14-22(25(33)34)30(15-20)24(32)21(12-16-6-2-1-3-7-16)27-23(31)19-11-10-17-8-4-5-9-18(17)13-19/h4-5,8-11,13,16,20-22H,1-3,6-7,12,14-15H2,(H,27,31)(H,33,34)/t20-,21-,22-/m0/s1. The third-order valence-electron chi connectivity index (χ3n) is 6.97. The van der Waals surface area contributed by atoms with Gasteiger partial charge in [-0.1, -0.05) is 67.6 Å². The van der Waals surface area contributed by atoms with Gasteiger partial charge in [0, 0.05) is 17.0 Å². The van der Waals surface area contributed by atoms with Crippen molar-refractivity contribution in [3.05, 3.63) is 58.5 Å². The molecule has 2 aliphatic rings. The number of amides is 2. The number of carbonyl (C=O) groups is 3. The van der Waals surface area contributed by atoms with Gasteiger partial charge in [0.15, 0.2) is 0 Å². The molecule has 2 fully saturated rings. The first-order valence-electron chi connectivity index (χ1n) is 11.8. The van der Waals surface area contributed by atoms with Gasteiger partial charge in [0.1, 0.15) is 12.1 Å². The molecule has 2 N–H and O–H groups in total. The number of nitrogens with one attached hydrogen (secondary N) is 1. The van der Waals surface area contributed by atoms with E-state index in [0.29, 0.717) is 17.9 Å². The van der Waals surface area contributed by atoms with E-state index in [0.717, 1.165) is 36.5 Å². The van der Waals surface area contributed by atoms with E-state index in [1.165, 1.54) is 11.3 Å². The Bertz CT molecular complexity index is 1120. The number of hydrogen-bond acceptors (Lipinski definition) is 4. The highest BCUT2D eigenvalue weighted by Gasteiger charge is 2.42. The number of hydrogen-bond donors (Lipinski definition) is 2.